The first-order valence-electron chi connectivity index (χ1n) is 25.3. The third-order valence-corrected chi connectivity index (χ3v) is 15.0. The van der Waals surface area contributed by atoms with Crippen molar-refractivity contribution in [3.05, 3.63) is 155 Å². The van der Waals surface area contributed by atoms with Gasteiger partial charge in [-0.3, -0.25) is 28.9 Å². The zero-order chi connectivity index (χ0) is 58.5. The number of anilines is 3. The molecule has 3 amide bonds. The first-order valence-corrected chi connectivity index (χ1v) is 28.2. The minimum absolute atomic E-state index is 0.00104. The van der Waals surface area contributed by atoms with Crippen molar-refractivity contribution in [2.45, 2.75) is 48.7 Å². The molecule has 9 N–H and O–H groups in total. The Balaban J connectivity index is 0.755. The fourth-order valence-electron chi connectivity index (χ4n) is 9.03. The van der Waals surface area contributed by atoms with Crippen LogP contribution in [0.4, 0.5) is 28.7 Å². The number of nitrogens with one attached hydrogen (secondary N) is 3. The average molecular weight is 1150 g/mol. The van der Waals surface area contributed by atoms with Crippen LogP contribution in [0.2, 0.25) is 0 Å². The largest absolute Gasteiger partial charge is 0.471 e. The summed E-state index contributed by atoms with van der Waals surface area (Å²) in [5.74, 6) is -1.43. The van der Waals surface area contributed by atoms with Crippen molar-refractivity contribution in [1.29, 1.82) is 5.41 Å². The molecule has 0 saturated heterocycles. The maximum absolute atomic E-state index is 14.2. The topological polar surface area (TPSA) is 357 Å². The Kier molecular flexibility index (Phi) is 16.7. The van der Waals surface area contributed by atoms with Crippen LogP contribution in [0, 0.1) is 5.41 Å². The number of nitrogens with zero attached hydrogens (tertiary/aromatic N) is 8. The number of benzene rings is 6. The van der Waals surface area contributed by atoms with Crippen LogP contribution in [0.5, 0.6) is 5.88 Å². The van der Waals surface area contributed by atoms with E-state index < -0.39 is 58.3 Å². The van der Waals surface area contributed by atoms with Crippen LogP contribution in [0.15, 0.2) is 152 Å². The Morgan fingerprint density at radius 3 is 2.12 bits per heavy atom. The van der Waals surface area contributed by atoms with Crippen molar-refractivity contribution in [1.82, 2.24) is 35.1 Å². The molecule has 82 heavy (non-hydrogen) atoms. The van der Waals surface area contributed by atoms with Gasteiger partial charge < -0.3 is 45.6 Å². The molecular formula is C56H55N13O11S2. The van der Waals surface area contributed by atoms with Gasteiger partial charge in [-0.2, -0.15) is 37.0 Å². The Morgan fingerprint density at radius 1 is 0.768 bits per heavy atom. The van der Waals surface area contributed by atoms with E-state index in [1.165, 1.54) is 42.3 Å². The SMILES string of the molecule is CN(CCCC(=O)NCc1ccc(COc2nc(N)nc3c2ncn3CCCNC(=O)c2ccc(/N=N/c3ccc(N(C)C)cc3)cc2)cc1)C(=O)c1ccccc1-c1c2ccc(=N)c(S(=O)(=O)O)c-2oc2c(S(=O)(=O)O)c(N)ccc12. The quantitative estimate of drug-likeness (QED) is 0.0120. The molecule has 0 spiro atoms. The average Bonchev–Trinajstić information content (AvgIpc) is 2.80. The van der Waals surface area contributed by atoms with Gasteiger partial charge >= 0.3 is 0 Å². The third kappa shape index (κ3) is 12.8. The normalized spacial score (nSPS) is 11.8. The number of imidazole rings is 1. The highest BCUT2D eigenvalue weighted by atomic mass is 32.2. The van der Waals surface area contributed by atoms with E-state index in [-0.39, 0.29) is 83.8 Å². The number of aromatic nitrogens is 4. The zero-order valence-corrected chi connectivity index (χ0v) is 46.0. The third-order valence-electron chi connectivity index (χ3n) is 13.2. The van der Waals surface area contributed by atoms with Crippen molar-refractivity contribution in [2.75, 3.05) is 50.6 Å². The molecule has 3 heterocycles. The molecule has 2 aliphatic rings. The lowest BCUT2D eigenvalue weighted by Crippen LogP contribution is -2.30. The smallest absolute Gasteiger partial charge is 0.300 e. The van der Waals surface area contributed by atoms with Crippen molar-refractivity contribution in [3.63, 3.8) is 0 Å². The molecule has 24 nitrogen and oxygen atoms in total. The lowest BCUT2D eigenvalue weighted by atomic mass is 9.90. The van der Waals surface area contributed by atoms with E-state index in [4.69, 9.17) is 26.0 Å². The second-order valence-electron chi connectivity index (χ2n) is 19.1. The van der Waals surface area contributed by atoms with Gasteiger partial charge in [-0.05, 0) is 108 Å². The second kappa shape index (κ2) is 24.0. The monoisotopic (exact) mass is 1150 g/mol. The molecule has 1 aliphatic heterocycles. The fourth-order valence-corrected chi connectivity index (χ4v) is 10.5. The maximum Gasteiger partial charge on any atom is 0.300 e. The molecule has 1 aliphatic carbocycles. The van der Waals surface area contributed by atoms with Gasteiger partial charge in [0.25, 0.3) is 32.1 Å². The van der Waals surface area contributed by atoms with Crippen molar-refractivity contribution >= 4 is 88.8 Å². The van der Waals surface area contributed by atoms with Crippen LogP contribution < -0.4 is 37.1 Å². The van der Waals surface area contributed by atoms with Crippen LogP contribution in [0.3, 0.4) is 0 Å². The molecule has 2 aromatic heterocycles. The molecule has 0 saturated carbocycles. The van der Waals surface area contributed by atoms with Crippen LogP contribution in [-0.2, 0) is 44.7 Å². The van der Waals surface area contributed by atoms with E-state index >= 15 is 0 Å². The molecule has 5 aromatic carbocycles. The first kappa shape index (κ1) is 57.1. The Hall–Kier alpha value is -9.63. The van der Waals surface area contributed by atoms with Crippen LogP contribution >= 0.6 is 0 Å². The van der Waals surface area contributed by atoms with E-state index in [0.717, 1.165) is 22.9 Å². The zero-order valence-electron chi connectivity index (χ0n) is 44.4. The molecule has 422 valence electrons. The summed E-state index contributed by atoms with van der Waals surface area (Å²) in [5, 5.41) is 22.0. The van der Waals surface area contributed by atoms with Crippen LogP contribution in [0.25, 0.3) is 44.6 Å². The molecular weight excluding hydrogens is 1090 g/mol. The number of carbonyl (C=O) groups is 3. The number of aryl methyl sites for hydroxylation is 1. The predicted molar refractivity (Wildman–Crippen MR) is 305 cm³/mol. The number of hydrogen-bond acceptors (Lipinski definition) is 18. The van der Waals surface area contributed by atoms with E-state index in [0.29, 0.717) is 47.6 Å². The van der Waals surface area contributed by atoms with Gasteiger partial charge in [0, 0.05) is 87.1 Å². The molecule has 0 bridgehead atoms. The highest BCUT2D eigenvalue weighted by Gasteiger charge is 2.32. The number of nitrogens with two attached hydrogens (primary N) is 2. The molecule has 9 rings (SSSR count). The summed E-state index contributed by atoms with van der Waals surface area (Å²) in [6.07, 6.45) is 2.51. The highest BCUT2D eigenvalue weighted by molar-refractivity contribution is 7.86. The second-order valence-corrected chi connectivity index (χ2v) is 21.8. The standard InChI is InChI=1S/C56H55N13O11S2/c1-67(2)38-21-19-37(20-22-38)66-65-36-17-15-35(16-18-36)53(71)60-27-7-29-69-32-62-47-52(69)63-56(59)64-54(47)79-31-34-13-11-33(12-14-34)30-61-45(70)10-6-28-68(3)55(72)40-9-5-4-8-39(40)46-41-23-25-43(57)50(81(73,74)75)48(41)80-49-42(46)24-26-44(58)51(49)82(76,77)78/h4-5,8-9,11-26,32,57H,6-7,10,27-31,58H2,1-3H3,(H,60,71)(H,61,70)(H2,59,63,64)(H,73,74,75)(H,76,77,78)/b57-43?,66-65+. The molecule has 26 heteroatoms. The molecule has 7 aromatic rings. The van der Waals surface area contributed by atoms with Gasteiger partial charge in [0.15, 0.2) is 32.3 Å². The Morgan fingerprint density at radius 2 is 1.44 bits per heavy atom. The maximum atomic E-state index is 14.2. The van der Waals surface area contributed by atoms with Gasteiger partial charge in [-0.25, -0.2) is 4.98 Å². The van der Waals surface area contributed by atoms with E-state index in [2.05, 4.69) is 35.8 Å². The van der Waals surface area contributed by atoms with Gasteiger partial charge in [0.1, 0.15) is 6.61 Å². The predicted octanol–water partition coefficient (Wildman–Crippen LogP) is 7.53. The van der Waals surface area contributed by atoms with Crippen molar-refractivity contribution < 1.29 is 49.5 Å². The molecule has 0 unspecified atom stereocenters. The van der Waals surface area contributed by atoms with Gasteiger partial charge in [-0.1, -0.05) is 42.5 Å². The number of rotatable bonds is 21. The number of fused-ring (bicyclic) bond motifs is 3. The lowest BCUT2D eigenvalue weighted by molar-refractivity contribution is -0.121. The summed E-state index contributed by atoms with van der Waals surface area (Å²) >= 11 is 0. The number of nitrogen functional groups attached to an aromatic ring is 2. The van der Waals surface area contributed by atoms with Gasteiger partial charge in [-0.15, -0.1) is 0 Å². The summed E-state index contributed by atoms with van der Waals surface area (Å²) < 4.78 is 84.5. The highest BCUT2D eigenvalue weighted by Crippen LogP contribution is 2.46. The number of amides is 3. The van der Waals surface area contributed by atoms with Crippen LogP contribution in [0.1, 0.15) is 51.1 Å². The minimum Gasteiger partial charge on any atom is -0.471 e. The molecule has 0 radical (unpaired) electrons. The summed E-state index contributed by atoms with van der Waals surface area (Å²) in [4.78, 5) is 54.8. The molecule has 0 fully saturated rings. The van der Waals surface area contributed by atoms with Crippen molar-refractivity contribution in [2.24, 2.45) is 10.2 Å². The van der Waals surface area contributed by atoms with E-state index in [9.17, 15) is 40.3 Å². The van der Waals surface area contributed by atoms with Gasteiger partial charge in [0.05, 0.1) is 28.7 Å². The lowest BCUT2D eigenvalue weighted by Gasteiger charge is -2.22. The number of azo groups is 1. The van der Waals surface area contributed by atoms with Gasteiger partial charge in [0.2, 0.25) is 17.7 Å². The fraction of sp³-hybridized carbons (Fsp3) is 0.196. The number of hydrogen-bond donors (Lipinski definition) is 7. The summed E-state index contributed by atoms with van der Waals surface area (Å²) in [6.45, 7) is 1.34. The minimum atomic E-state index is -5.15. The Bertz CT molecular complexity index is 4190. The first-order chi connectivity index (χ1) is 39.1. The van der Waals surface area contributed by atoms with E-state index in [1.54, 1.807) is 42.7 Å². The summed E-state index contributed by atoms with van der Waals surface area (Å²) in [7, 11) is -4.80. The summed E-state index contributed by atoms with van der Waals surface area (Å²) in [6, 6.07) is 33.1. The van der Waals surface area contributed by atoms with Crippen LogP contribution in [-0.4, -0.2) is 102 Å². The van der Waals surface area contributed by atoms with Crippen molar-refractivity contribution in [3.8, 4) is 28.3 Å². The summed E-state index contributed by atoms with van der Waals surface area (Å²) in [5.41, 5.74) is 16.8. The van der Waals surface area contributed by atoms with E-state index in [1.807, 2.05) is 72.1 Å². The molecule has 0 atom stereocenters. The number of carbonyl (C=O) groups excluding carboxylic acids is 3. The number of ether oxygens (including phenoxy) is 1. The Labute approximate surface area is 469 Å².